The van der Waals surface area contributed by atoms with Gasteiger partial charge in [-0.3, -0.25) is 9.59 Å². The molecule has 6 heteroatoms. The SMILES string of the molecule is CC(=O)c1ccc(N/C=C(/C#N)C(=O)NCCc2ccc(O)cc2)cc1. The predicted molar refractivity (Wildman–Crippen MR) is 98.6 cm³/mol. The second-order valence-electron chi connectivity index (χ2n) is 5.62. The molecule has 0 aliphatic carbocycles. The van der Waals surface area contributed by atoms with E-state index in [9.17, 15) is 14.7 Å². The summed E-state index contributed by atoms with van der Waals surface area (Å²) < 4.78 is 0. The van der Waals surface area contributed by atoms with Crippen molar-refractivity contribution in [1.29, 1.82) is 5.26 Å². The van der Waals surface area contributed by atoms with E-state index in [1.165, 1.54) is 13.1 Å². The van der Waals surface area contributed by atoms with Crippen LogP contribution in [0.3, 0.4) is 0 Å². The maximum atomic E-state index is 12.1. The average molecular weight is 349 g/mol. The maximum Gasteiger partial charge on any atom is 0.263 e. The van der Waals surface area contributed by atoms with Gasteiger partial charge in [0.1, 0.15) is 17.4 Å². The monoisotopic (exact) mass is 349 g/mol. The Hall–Kier alpha value is -3.59. The first-order valence-corrected chi connectivity index (χ1v) is 8.03. The van der Waals surface area contributed by atoms with Crippen molar-refractivity contribution in [3.63, 3.8) is 0 Å². The quantitative estimate of drug-likeness (QED) is 0.405. The van der Waals surface area contributed by atoms with Crippen molar-refractivity contribution in [3.8, 4) is 11.8 Å². The standard InChI is InChI=1S/C20H19N3O3/c1-14(24)16-4-6-18(7-5-16)23-13-17(12-21)20(26)22-11-10-15-2-8-19(25)9-3-15/h2-9,13,23,25H,10-11H2,1H3,(H,22,26)/b17-13-. The fraction of sp³-hybridized carbons (Fsp3) is 0.150. The number of nitrogens with one attached hydrogen (secondary N) is 2. The number of hydrogen-bond donors (Lipinski definition) is 3. The van der Waals surface area contributed by atoms with E-state index in [2.05, 4.69) is 10.6 Å². The number of rotatable bonds is 7. The summed E-state index contributed by atoms with van der Waals surface area (Å²) >= 11 is 0. The fourth-order valence-electron chi connectivity index (χ4n) is 2.18. The predicted octanol–water partition coefficient (Wildman–Crippen LogP) is 2.77. The zero-order valence-electron chi connectivity index (χ0n) is 14.3. The molecule has 0 aromatic heterocycles. The topological polar surface area (TPSA) is 102 Å². The lowest BCUT2D eigenvalue weighted by molar-refractivity contribution is -0.117. The number of anilines is 1. The Morgan fingerprint density at radius 3 is 2.35 bits per heavy atom. The van der Waals surface area contributed by atoms with Crippen molar-refractivity contribution >= 4 is 17.4 Å². The summed E-state index contributed by atoms with van der Waals surface area (Å²) in [6.45, 7) is 1.86. The number of nitrogens with zero attached hydrogens (tertiary/aromatic N) is 1. The number of benzene rings is 2. The van der Waals surface area contributed by atoms with Gasteiger partial charge < -0.3 is 15.7 Å². The van der Waals surface area contributed by atoms with Crippen molar-refractivity contribution in [2.45, 2.75) is 13.3 Å². The summed E-state index contributed by atoms with van der Waals surface area (Å²) in [4.78, 5) is 23.3. The Kier molecular flexibility index (Phi) is 6.52. The maximum absolute atomic E-state index is 12.1. The number of carbonyl (C=O) groups is 2. The van der Waals surface area contributed by atoms with E-state index >= 15 is 0 Å². The molecule has 0 bridgehead atoms. The van der Waals surface area contributed by atoms with Crippen LogP contribution in [0.4, 0.5) is 5.69 Å². The molecule has 0 saturated heterocycles. The van der Waals surface area contributed by atoms with Crippen molar-refractivity contribution in [2.24, 2.45) is 0 Å². The van der Waals surface area contributed by atoms with Gasteiger partial charge in [-0.2, -0.15) is 5.26 Å². The third-order valence-electron chi connectivity index (χ3n) is 3.68. The van der Waals surface area contributed by atoms with E-state index in [1.807, 2.05) is 6.07 Å². The average Bonchev–Trinajstić information content (AvgIpc) is 2.64. The van der Waals surface area contributed by atoms with Gasteiger partial charge in [-0.25, -0.2) is 0 Å². The zero-order chi connectivity index (χ0) is 18.9. The minimum absolute atomic E-state index is 0.0298. The second kappa shape index (κ2) is 9.04. The van der Waals surface area contributed by atoms with Gasteiger partial charge >= 0.3 is 0 Å². The number of amides is 1. The van der Waals surface area contributed by atoms with Crippen LogP contribution in [0, 0.1) is 11.3 Å². The van der Waals surface area contributed by atoms with Crippen LogP contribution in [0.1, 0.15) is 22.8 Å². The number of hydrogen-bond acceptors (Lipinski definition) is 5. The van der Waals surface area contributed by atoms with Gasteiger partial charge in [0.25, 0.3) is 5.91 Å². The van der Waals surface area contributed by atoms with Gasteiger partial charge in [0.2, 0.25) is 0 Å². The van der Waals surface area contributed by atoms with Crippen LogP contribution in [0.5, 0.6) is 5.75 Å². The molecule has 0 spiro atoms. The van der Waals surface area contributed by atoms with E-state index in [4.69, 9.17) is 5.26 Å². The lowest BCUT2D eigenvalue weighted by Gasteiger charge is -2.06. The lowest BCUT2D eigenvalue weighted by Crippen LogP contribution is -2.27. The molecule has 0 fully saturated rings. The third-order valence-corrected chi connectivity index (χ3v) is 3.68. The number of phenolic OH excluding ortho intramolecular Hbond substituents is 1. The number of aromatic hydroxyl groups is 1. The Morgan fingerprint density at radius 2 is 1.77 bits per heavy atom. The highest BCUT2D eigenvalue weighted by atomic mass is 16.3. The van der Waals surface area contributed by atoms with E-state index in [-0.39, 0.29) is 17.1 Å². The summed E-state index contributed by atoms with van der Waals surface area (Å²) in [6.07, 6.45) is 1.92. The lowest BCUT2D eigenvalue weighted by atomic mass is 10.1. The minimum Gasteiger partial charge on any atom is -0.508 e. The number of nitriles is 1. The van der Waals surface area contributed by atoms with Crippen LogP contribution in [0.25, 0.3) is 0 Å². The molecule has 0 aliphatic rings. The van der Waals surface area contributed by atoms with Crippen LogP contribution in [-0.2, 0) is 11.2 Å². The summed E-state index contributed by atoms with van der Waals surface area (Å²) in [5, 5.41) is 23.9. The second-order valence-corrected chi connectivity index (χ2v) is 5.62. The molecule has 26 heavy (non-hydrogen) atoms. The molecular formula is C20H19N3O3. The highest BCUT2D eigenvalue weighted by Gasteiger charge is 2.08. The molecule has 0 unspecified atom stereocenters. The molecule has 0 heterocycles. The fourth-order valence-corrected chi connectivity index (χ4v) is 2.18. The van der Waals surface area contributed by atoms with E-state index in [0.717, 1.165) is 5.56 Å². The largest absolute Gasteiger partial charge is 0.508 e. The molecule has 132 valence electrons. The van der Waals surface area contributed by atoms with Crippen molar-refractivity contribution in [2.75, 3.05) is 11.9 Å². The van der Waals surface area contributed by atoms with E-state index in [0.29, 0.717) is 24.2 Å². The van der Waals surface area contributed by atoms with Crippen LogP contribution >= 0.6 is 0 Å². The Balaban J connectivity index is 1.88. The highest BCUT2D eigenvalue weighted by molar-refractivity contribution is 5.97. The van der Waals surface area contributed by atoms with Crippen molar-refractivity contribution in [3.05, 3.63) is 71.4 Å². The first kappa shape index (κ1) is 18.7. The van der Waals surface area contributed by atoms with Gasteiger partial charge in [-0.1, -0.05) is 12.1 Å². The Bertz CT molecular complexity index is 847. The Morgan fingerprint density at radius 1 is 1.12 bits per heavy atom. The van der Waals surface area contributed by atoms with E-state index < -0.39 is 5.91 Å². The smallest absolute Gasteiger partial charge is 0.263 e. The van der Waals surface area contributed by atoms with E-state index in [1.54, 1.807) is 48.5 Å². The molecule has 2 rings (SSSR count). The molecule has 0 aliphatic heterocycles. The van der Waals surface area contributed by atoms with Gasteiger partial charge in [0.05, 0.1) is 0 Å². The van der Waals surface area contributed by atoms with Gasteiger partial charge in [0, 0.05) is 24.0 Å². The van der Waals surface area contributed by atoms with Gasteiger partial charge in [-0.15, -0.1) is 0 Å². The van der Waals surface area contributed by atoms with Crippen LogP contribution in [-0.4, -0.2) is 23.3 Å². The normalized spacial score (nSPS) is 10.7. The summed E-state index contributed by atoms with van der Waals surface area (Å²) in [6, 6.07) is 15.3. The van der Waals surface area contributed by atoms with Crippen LogP contribution in [0.2, 0.25) is 0 Å². The Labute approximate surface area is 151 Å². The molecule has 2 aromatic rings. The zero-order valence-corrected chi connectivity index (χ0v) is 14.3. The molecule has 1 amide bonds. The molecule has 3 N–H and O–H groups in total. The van der Waals surface area contributed by atoms with Crippen LogP contribution < -0.4 is 10.6 Å². The van der Waals surface area contributed by atoms with Gasteiger partial charge in [0.15, 0.2) is 5.78 Å². The summed E-state index contributed by atoms with van der Waals surface area (Å²) in [7, 11) is 0. The first-order valence-electron chi connectivity index (χ1n) is 8.03. The molecule has 0 atom stereocenters. The number of Topliss-reactive ketones (excluding diaryl/α,β-unsaturated/α-hetero) is 1. The minimum atomic E-state index is -0.473. The van der Waals surface area contributed by atoms with Gasteiger partial charge in [-0.05, 0) is 55.3 Å². The van der Waals surface area contributed by atoms with Crippen LogP contribution in [0.15, 0.2) is 60.3 Å². The number of ketones is 1. The highest BCUT2D eigenvalue weighted by Crippen LogP contribution is 2.11. The molecule has 6 nitrogen and oxygen atoms in total. The summed E-state index contributed by atoms with van der Waals surface area (Å²) in [5.74, 6) is -0.313. The van der Waals surface area contributed by atoms with Crippen molar-refractivity contribution in [1.82, 2.24) is 5.32 Å². The summed E-state index contributed by atoms with van der Waals surface area (Å²) in [5.41, 5.74) is 2.17. The molecular weight excluding hydrogens is 330 g/mol. The number of carbonyl (C=O) groups excluding carboxylic acids is 2. The third kappa shape index (κ3) is 5.49. The molecule has 0 saturated carbocycles. The molecule has 2 aromatic carbocycles. The van der Waals surface area contributed by atoms with Crippen molar-refractivity contribution < 1.29 is 14.7 Å². The number of phenols is 1. The first-order chi connectivity index (χ1) is 12.5. The molecule has 0 radical (unpaired) electrons.